The van der Waals surface area contributed by atoms with Crippen molar-refractivity contribution in [3.05, 3.63) is 29.3 Å². The summed E-state index contributed by atoms with van der Waals surface area (Å²) >= 11 is 0. The molecule has 1 aliphatic rings. The molecule has 0 saturated carbocycles. The maximum atomic E-state index is 12.2. The molecule has 1 heterocycles. The molecular weight excluding hydrogens is 348 g/mol. The highest BCUT2D eigenvalue weighted by Gasteiger charge is 2.15. The van der Waals surface area contributed by atoms with E-state index < -0.39 is 9.84 Å². The van der Waals surface area contributed by atoms with Crippen LogP contribution in [0.15, 0.2) is 18.2 Å². The fourth-order valence-electron chi connectivity index (χ4n) is 2.98. The molecule has 1 amide bonds. The van der Waals surface area contributed by atoms with Gasteiger partial charge in [-0.05, 0) is 62.4 Å². The Morgan fingerprint density at radius 3 is 2.58 bits per heavy atom. The Labute approximate surface area is 150 Å². The first-order valence-corrected chi connectivity index (χ1v) is 10.2. The highest BCUT2D eigenvalue weighted by atomic mass is 35.5. The molecule has 1 aromatic carbocycles. The van der Waals surface area contributed by atoms with Gasteiger partial charge in [0.25, 0.3) is 0 Å². The topological polar surface area (TPSA) is 75.3 Å². The molecule has 136 valence electrons. The van der Waals surface area contributed by atoms with Crippen LogP contribution in [0.1, 0.15) is 36.8 Å². The highest BCUT2D eigenvalue weighted by Crippen LogP contribution is 2.22. The summed E-state index contributed by atoms with van der Waals surface area (Å²) in [5.41, 5.74) is 2.28. The summed E-state index contributed by atoms with van der Waals surface area (Å²) in [7, 11) is -3.09. The average Bonchev–Trinajstić information content (AvgIpc) is 2.49. The van der Waals surface area contributed by atoms with Gasteiger partial charge in [0.15, 0.2) is 9.84 Å². The van der Waals surface area contributed by atoms with Gasteiger partial charge in [0.05, 0.1) is 5.75 Å². The molecule has 0 atom stereocenters. The molecule has 0 spiro atoms. The third kappa shape index (κ3) is 6.79. The molecule has 2 rings (SSSR count). The van der Waals surface area contributed by atoms with E-state index in [0.717, 1.165) is 43.5 Å². The van der Waals surface area contributed by atoms with Crippen molar-refractivity contribution in [3.8, 4) is 0 Å². The molecule has 0 unspecified atom stereocenters. The second-order valence-electron chi connectivity index (χ2n) is 6.44. The lowest BCUT2D eigenvalue weighted by atomic mass is 9.93. The molecule has 1 fully saturated rings. The van der Waals surface area contributed by atoms with Crippen LogP contribution in [-0.2, 0) is 20.4 Å². The van der Waals surface area contributed by atoms with Gasteiger partial charge in [-0.15, -0.1) is 12.4 Å². The summed E-state index contributed by atoms with van der Waals surface area (Å²) in [4.78, 5) is 12.2. The van der Waals surface area contributed by atoms with Crippen LogP contribution >= 0.6 is 12.4 Å². The first kappa shape index (κ1) is 20.9. The Kier molecular flexibility index (Phi) is 8.19. The van der Waals surface area contributed by atoms with Crippen molar-refractivity contribution in [1.29, 1.82) is 0 Å². The molecular formula is C17H27ClN2O3S. The maximum absolute atomic E-state index is 12.2. The first-order chi connectivity index (χ1) is 10.8. The van der Waals surface area contributed by atoms with Crippen molar-refractivity contribution < 1.29 is 13.2 Å². The van der Waals surface area contributed by atoms with Crippen LogP contribution < -0.4 is 10.6 Å². The van der Waals surface area contributed by atoms with Gasteiger partial charge in [-0.1, -0.05) is 12.1 Å². The maximum Gasteiger partial charge on any atom is 0.224 e. The lowest BCUT2D eigenvalue weighted by Gasteiger charge is -2.22. The molecule has 1 saturated heterocycles. The van der Waals surface area contributed by atoms with Crippen molar-refractivity contribution in [2.75, 3.05) is 24.7 Å². The number of anilines is 1. The molecule has 24 heavy (non-hydrogen) atoms. The summed E-state index contributed by atoms with van der Waals surface area (Å²) in [5.74, 6) is 0.625. The smallest absolute Gasteiger partial charge is 0.224 e. The van der Waals surface area contributed by atoms with Crippen molar-refractivity contribution in [2.45, 2.75) is 38.4 Å². The van der Waals surface area contributed by atoms with Gasteiger partial charge in [-0.25, -0.2) is 8.42 Å². The van der Waals surface area contributed by atoms with Gasteiger partial charge in [0.1, 0.15) is 0 Å². The summed E-state index contributed by atoms with van der Waals surface area (Å²) < 4.78 is 22.9. The fourth-order valence-corrected chi connectivity index (χ4v) is 3.85. The standard InChI is InChI=1S/C17H26N2O3S.ClH/c1-13-15(12-23(2,21)22)4-3-5-16(13)19-17(20)7-6-14-8-10-18-11-9-14;/h3-5,14,18H,6-12H2,1-2H3,(H,19,20);1H. The Morgan fingerprint density at radius 1 is 1.29 bits per heavy atom. The number of carbonyl (C=O) groups is 1. The van der Waals surface area contributed by atoms with E-state index in [2.05, 4.69) is 10.6 Å². The number of halogens is 1. The molecule has 5 nitrogen and oxygen atoms in total. The normalized spacial score (nSPS) is 15.6. The SMILES string of the molecule is Cc1c(CS(C)(=O)=O)cccc1NC(=O)CCC1CCNCC1.Cl. The van der Waals surface area contributed by atoms with Crippen molar-refractivity contribution in [2.24, 2.45) is 5.92 Å². The van der Waals surface area contributed by atoms with Crippen LogP contribution in [0.25, 0.3) is 0 Å². The van der Waals surface area contributed by atoms with E-state index in [0.29, 0.717) is 18.0 Å². The minimum absolute atomic E-state index is 0. The van der Waals surface area contributed by atoms with Gasteiger partial charge >= 0.3 is 0 Å². The predicted molar refractivity (Wildman–Crippen MR) is 100 cm³/mol. The molecule has 0 aromatic heterocycles. The molecule has 2 N–H and O–H groups in total. The summed E-state index contributed by atoms with van der Waals surface area (Å²) in [6.07, 6.45) is 4.92. The van der Waals surface area contributed by atoms with Gasteiger partial charge in [-0.2, -0.15) is 0 Å². The highest BCUT2D eigenvalue weighted by molar-refractivity contribution is 7.89. The number of nitrogens with one attached hydrogen (secondary N) is 2. The van der Waals surface area contributed by atoms with E-state index >= 15 is 0 Å². The Morgan fingerprint density at radius 2 is 1.96 bits per heavy atom. The second kappa shape index (κ2) is 9.39. The van der Waals surface area contributed by atoms with Gasteiger partial charge in [0, 0.05) is 18.4 Å². The fraction of sp³-hybridized carbons (Fsp3) is 0.588. The van der Waals surface area contributed by atoms with Crippen molar-refractivity contribution in [1.82, 2.24) is 5.32 Å². The van der Waals surface area contributed by atoms with Gasteiger partial charge in [0.2, 0.25) is 5.91 Å². The molecule has 0 aliphatic carbocycles. The summed E-state index contributed by atoms with van der Waals surface area (Å²) in [6.45, 7) is 3.93. The molecule has 1 aliphatic heterocycles. The number of benzene rings is 1. The molecule has 0 bridgehead atoms. The Hall–Kier alpha value is -1.11. The van der Waals surface area contributed by atoms with Crippen LogP contribution in [0.3, 0.4) is 0 Å². The van der Waals surface area contributed by atoms with Crippen molar-refractivity contribution >= 4 is 33.8 Å². The van der Waals surface area contributed by atoms with Crippen LogP contribution in [0.5, 0.6) is 0 Å². The largest absolute Gasteiger partial charge is 0.326 e. The number of piperidine rings is 1. The molecule has 1 aromatic rings. The van der Waals surface area contributed by atoms with E-state index in [9.17, 15) is 13.2 Å². The van der Waals surface area contributed by atoms with Crippen LogP contribution in [-0.4, -0.2) is 33.7 Å². The van der Waals surface area contributed by atoms with E-state index in [1.807, 2.05) is 13.0 Å². The average molecular weight is 375 g/mol. The summed E-state index contributed by atoms with van der Waals surface area (Å²) in [6, 6.07) is 5.40. The molecule has 0 radical (unpaired) electrons. The van der Waals surface area contributed by atoms with Crippen LogP contribution in [0, 0.1) is 12.8 Å². The second-order valence-corrected chi connectivity index (χ2v) is 8.58. The van der Waals surface area contributed by atoms with E-state index in [4.69, 9.17) is 0 Å². The van der Waals surface area contributed by atoms with Crippen LogP contribution in [0.4, 0.5) is 5.69 Å². The predicted octanol–water partition coefficient (Wildman–Crippen LogP) is 2.68. The van der Waals surface area contributed by atoms with Gasteiger partial charge in [-0.3, -0.25) is 4.79 Å². The third-order valence-electron chi connectivity index (χ3n) is 4.38. The van der Waals surface area contributed by atoms with E-state index in [1.165, 1.54) is 6.26 Å². The van der Waals surface area contributed by atoms with Crippen LogP contribution in [0.2, 0.25) is 0 Å². The zero-order chi connectivity index (χ0) is 16.9. The Balaban J connectivity index is 0.00000288. The quantitative estimate of drug-likeness (QED) is 0.802. The minimum Gasteiger partial charge on any atom is -0.326 e. The third-order valence-corrected chi connectivity index (χ3v) is 5.21. The monoisotopic (exact) mass is 374 g/mol. The lowest BCUT2D eigenvalue weighted by Crippen LogP contribution is -2.28. The summed E-state index contributed by atoms with van der Waals surface area (Å²) in [5, 5.41) is 6.25. The number of hydrogen-bond donors (Lipinski definition) is 2. The minimum atomic E-state index is -3.09. The Bertz CT molecular complexity index is 656. The van der Waals surface area contributed by atoms with E-state index in [-0.39, 0.29) is 24.1 Å². The van der Waals surface area contributed by atoms with Crippen molar-refractivity contribution in [3.63, 3.8) is 0 Å². The number of sulfone groups is 1. The first-order valence-electron chi connectivity index (χ1n) is 8.12. The molecule has 7 heteroatoms. The number of rotatable bonds is 6. The van der Waals surface area contributed by atoms with Gasteiger partial charge < -0.3 is 10.6 Å². The lowest BCUT2D eigenvalue weighted by molar-refractivity contribution is -0.116. The number of amides is 1. The number of hydrogen-bond acceptors (Lipinski definition) is 4. The van der Waals surface area contributed by atoms with E-state index in [1.54, 1.807) is 12.1 Å². The zero-order valence-electron chi connectivity index (χ0n) is 14.3. The zero-order valence-corrected chi connectivity index (χ0v) is 15.9. The number of carbonyl (C=O) groups excluding carboxylic acids is 1.